The molecule has 3 aliphatic rings. The number of urea groups is 1. The summed E-state index contributed by atoms with van der Waals surface area (Å²) in [6, 6.07) is -0.00403. The zero-order chi connectivity index (χ0) is 14.3. The van der Waals surface area contributed by atoms with E-state index < -0.39 is 5.97 Å². The van der Waals surface area contributed by atoms with Gasteiger partial charge in [0, 0.05) is 26.2 Å². The molecule has 0 radical (unpaired) electrons. The first kappa shape index (κ1) is 13.9. The van der Waals surface area contributed by atoms with Gasteiger partial charge in [0.05, 0.1) is 5.92 Å². The van der Waals surface area contributed by atoms with Crippen molar-refractivity contribution in [2.45, 2.75) is 19.3 Å². The van der Waals surface area contributed by atoms with Crippen molar-refractivity contribution in [3.05, 3.63) is 10.6 Å². The third-order valence-corrected chi connectivity index (χ3v) is 5.32. The van der Waals surface area contributed by atoms with Gasteiger partial charge in [0.1, 0.15) is 0 Å². The van der Waals surface area contributed by atoms with E-state index >= 15 is 0 Å². The summed E-state index contributed by atoms with van der Waals surface area (Å²) in [6.07, 6.45) is 5.09. The number of carbonyl (C=O) groups is 2. The van der Waals surface area contributed by atoms with Gasteiger partial charge in [0.15, 0.2) is 0 Å². The minimum Gasteiger partial charge on any atom is -0.481 e. The van der Waals surface area contributed by atoms with Gasteiger partial charge < -0.3 is 14.9 Å². The third-order valence-electron chi connectivity index (χ3n) is 4.60. The Morgan fingerprint density at radius 3 is 2.55 bits per heavy atom. The molecule has 1 saturated carbocycles. The number of hydrogen-bond acceptors (Lipinski definition) is 2. The summed E-state index contributed by atoms with van der Waals surface area (Å²) in [5, 5.41) is 9.34. The van der Waals surface area contributed by atoms with Crippen LogP contribution in [-0.4, -0.2) is 53.1 Å². The maximum Gasteiger partial charge on any atom is 0.320 e. The van der Waals surface area contributed by atoms with Crippen LogP contribution in [0.4, 0.5) is 4.79 Å². The van der Waals surface area contributed by atoms with Gasteiger partial charge in [0.25, 0.3) is 0 Å². The van der Waals surface area contributed by atoms with Crippen molar-refractivity contribution in [2.75, 3.05) is 26.2 Å². The lowest BCUT2D eigenvalue weighted by Gasteiger charge is -2.29. The first-order chi connectivity index (χ1) is 9.56. The van der Waals surface area contributed by atoms with Gasteiger partial charge in [-0.25, -0.2) is 4.79 Å². The minimum atomic E-state index is -0.751. The Bertz CT molecular complexity index is 461. The highest BCUT2D eigenvalue weighted by molar-refractivity contribution is 9.11. The van der Waals surface area contributed by atoms with Crippen LogP contribution in [0.15, 0.2) is 10.6 Å². The van der Waals surface area contributed by atoms with Crippen molar-refractivity contribution in [2.24, 2.45) is 17.8 Å². The predicted octanol–water partition coefficient (Wildman–Crippen LogP) is 2.13. The lowest BCUT2D eigenvalue weighted by molar-refractivity contribution is -0.142. The van der Waals surface area contributed by atoms with Gasteiger partial charge in [-0.05, 0) is 35.6 Å². The van der Waals surface area contributed by atoms with E-state index in [1.807, 2.05) is 6.08 Å². The van der Waals surface area contributed by atoms with Gasteiger partial charge in [-0.1, -0.05) is 22.0 Å². The Labute approximate surface area is 126 Å². The molecule has 1 saturated heterocycles. The van der Waals surface area contributed by atoms with Gasteiger partial charge in [0.2, 0.25) is 0 Å². The molecule has 2 heterocycles. The molecule has 6 heteroatoms. The van der Waals surface area contributed by atoms with E-state index in [0.717, 1.165) is 23.7 Å². The van der Waals surface area contributed by atoms with Gasteiger partial charge in [-0.2, -0.15) is 0 Å². The lowest BCUT2D eigenvalue weighted by Crippen LogP contribution is -2.44. The second-order valence-electron chi connectivity index (χ2n) is 5.98. The van der Waals surface area contributed by atoms with Gasteiger partial charge in [-0.3, -0.25) is 4.79 Å². The van der Waals surface area contributed by atoms with Crippen LogP contribution >= 0.6 is 15.9 Å². The summed E-state index contributed by atoms with van der Waals surface area (Å²) in [7, 11) is 0. The van der Waals surface area contributed by atoms with Gasteiger partial charge in [-0.15, -0.1) is 0 Å². The van der Waals surface area contributed by atoms with E-state index in [0.29, 0.717) is 32.1 Å². The van der Waals surface area contributed by atoms with E-state index in [4.69, 9.17) is 0 Å². The molecule has 0 aromatic heterocycles. The molecule has 5 nitrogen and oxygen atoms in total. The normalized spacial score (nSPS) is 30.4. The fraction of sp³-hybridized carbons (Fsp3) is 0.714. The van der Waals surface area contributed by atoms with E-state index in [-0.39, 0.29) is 17.9 Å². The molecular formula is C14H19BrN2O3. The summed E-state index contributed by atoms with van der Waals surface area (Å²) in [6.45, 7) is 2.30. The fourth-order valence-corrected chi connectivity index (χ4v) is 3.59. The molecule has 0 spiro atoms. The number of rotatable bonds is 2. The number of carbonyl (C=O) groups excluding carboxylic acids is 1. The highest BCUT2D eigenvalue weighted by atomic mass is 79.9. The average Bonchev–Trinajstić information content (AvgIpc) is 3.17. The molecule has 0 aromatic rings. The van der Waals surface area contributed by atoms with Crippen LogP contribution in [0.5, 0.6) is 0 Å². The molecular weight excluding hydrogens is 324 g/mol. The number of aliphatic carboxylic acids is 1. The molecule has 1 N–H and O–H groups in total. The molecule has 2 aliphatic heterocycles. The smallest absolute Gasteiger partial charge is 0.320 e. The van der Waals surface area contributed by atoms with Crippen LogP contribution in [-0.2, 0) is 4.79 Å². The van der Waals surface area contributed by atoms with Crippen molar-refractivity contribution in [3.8, 4) is 0 Å². The molecule has 0 aromatic carbocycles. The summed E-state index contributed by atoms with van der Waals surface area (Å²) < 4.78 is 1.14. The Hall–Kier alpha value is -1.04. The van der Waals surface area contributed by atoms with Crippen LogP contribution in [0.1, 0.15) is 19.3 Å². The number of amides is 2. The predicted molar refractivity (Wildman–Crippen MR) is 77.5 cm³/mol. The zero-order valence-corrected chi connectivity index (χ0v) is 12.9. The molecule has 20 heavy (non-hydrogen) atoms. The topological polar surface area (TPSA) is 60.9 Å². The van der Waals surface area contributed by atoms with Crippen molar-refractivity contribution >= 4 is 27.9 Å². The van der Waals surface area contributed by atoms with Crippen LogP contribution in [0.3, 0.4) is 0 Å². The summed E-state index contributed by atoms with van der Waals surface area (Å²) in [5.41, 5.74) is 0. The molecule has 3 rings (SSSR count). The Morgan fingerprint density at radius 2 is 2.00 bits per heavy atom. The van der Waals surface area contributed by atoms with Crippen LogP contribution < -0.4 is 0 Å². The first-order valence-electron chi connectivity index (χ1n) is 7.17. The van der Waals surface area contributed by atoms with E-state index in [9.17, 15) is 14.7 Å². The molecule has 110 valence electrons. The maximum atomic E-state index is 12.5. The molecule has 0 unspecified atom stereocenters. The molecule has 2 fully saturated rings. The number of carboxylic acid groups (broad SMARTS) is 1. The average molecular weight is 343 g/mol. The Morgan fingerprint density at radius 1 is 1.25 bits per heavy atom. The van der Waals surface area contributed by atoms with Crippen molar-refractivity contribution in [1.82, 2.24) is 9.80 Å². The number of halogens is 1. The molecule has 2 atom stereocenters. The highest BCUT2D eigenvalue weighted by Crippen LogP contribution is 2.44. The summed E-state index contributed by atoms with van der Waals surface area (Å²) in [5.74, 6) is -0.454. The zero-order valence-electron chi connectivity index (χ0n) is 11.3. The highest BCUT2D eigenvalue weighted by Gasteiger charge is 2.47. The number of nitrogens with zero attached hydrogens (tertiary/aromatic N) is 2. The number of carboxylic acids is 1. The van der Waals surface area contributed by atoms with E-state index in [1.54, 1.807) is 9.80 Å². The van der Waals surface area contributed by atoms with Crippen LogP contribution in [0, 0.1) is 17.8 Å². The standard InChI is InChI=1S/C14H19BrN2O3/c15-10-3-5-16(6-4-10)14(20)17-7-11(9-1-2-9)12(8-17)13(18)19/h3,9,11-12H,1-2,4-8H2,(H,18,19)/t11-,12+/m0/s1. The maximum absolute atomic E-state index is 12.5. The van der Waals surface area contributed by atoms with Crippen LogP contribution in [0.2, 0.25) is 0 Å². The Kier molecular flexibility index (Phi) is 3.75. The molecule has 0 bridgehead atoms. The second kappa shape index (κ2) is 5.39. The van der Waals surface area contributed by atoms with Crippen LogP contribution in [0.25, 0.3) is 0 Å². The minimum absolute atomic E-state index is 0.00403. The summed E-state index contributed by atoms with van der Waals surface area (Å²) in [4.78, 5) is 27.4. The van der Waals surface area contributed by atoms with E-state index in [1.165, 1.54) is 0 Å². The lowest BCUT2D eigenvalue weighted by atomic mass is 9.92. The quantitative estimate of drug-likeness (QED) is 0.836. The van der Waals surface area contributed by atoms with Crippen molar-refractivity contribution in [3.63, 3.8) is 0 Å². The number of likely N-dealkylation sites (tertiary alicyclic amines) is 1. The summed E-state index contributed by atoms with van der Waals surface area (Å²) >= 11 is 3.45. The third kappa shape index (κ3) is 2.71. The first-order valence-corrected chi connectivity index (χ1v) is 7.96. The molecule has 1 aliphatic carbocycles. The monoisotopic (exact) mass is 342 g/mol. The second-order valence-corrected chi connectivity index (χ2v) is 7.00. The van der Waals surface area contributed by atoms with Gasteiger partial charge >= 0.3 is 12.0 Å². The van der Waals surface area contributed by atoms with Crippen molar-refractivity contribution < 1.29 is 14.7 Å². The Balaban J connectivity index is 1.65. The SMILES string of the molecule is O=C(O)[C@@H]1CN(C(=O)N2CC=C(Br)CC2)C[C@H]1C1CC1. The number of hydrogen-bond donors (Lipinski definition) is 1. The van der Waals surface area contributed by atoms with E-state index in [2.05, 4.69) is 15.9 Å². The fourth-order valence-electron chi connectivity index (χ4n) is 3.27. The molecule has 2 amide bonds. The largest absolute Gasteiger partial charge is 0.481 e. The van der Waals surface area contributed by atoms with Crippen molar-refractivity contribution in [1.29, 1.82) is 0 Å².